The van der Waals surface area contributed by atoms with Crippen LogP contribution in [0.3, 0.4) is 0 Å². The maximum Gasteiger partial charge on any atom is 0.252 e. The molecule has 1 aliphatic heterocycles. The molecule has 1 N–H and O–H groups in total. The first kappa shape index (κ1) is 17.5. The summed E-state index contributed by atoms with van der Waals surface area (Å²) in [6.45, 7) is 13.6. The first-order chi connectivity index (χ1) is 10.6. The average molecular weight is 316 g/mol. The number of aryl methyl sites for hydroxylation is 3. The largest absolute Gasteiger partial charge is 0.347 e. The number of carbonyl (C=O) groups is 2. The van der Waals surface area contributed by atoms with Crippen molar-refractivity contribution in [2.75, 3.05) is 13.1 Å². The van der Waals surface area contributed by atoms with Crippen molar-refractivity contribution in [3.63, 3.8) is 0 Å². The number of hydrogen-bond acceptors (Lipinski definition) is 2. The van der Waals surface area contributed by atoms with Crippen molar-refractivity contribution in [3.8, 4) is 0 Å². The van der Waals surface area contributed by atoms with Gasteiger partial charge in [-0.15, -0.1) is 0 Å². The molecule has 1 fully saturated rings. The Morgan fingerprint density at radius 1 is 1.22 bits per heavy atom. The van der Waals surface area contributed by atoms with Gasteiger partial charge in [0.25, 0.3) is 5.91 Å². The van der Waals surface area contributed by atoms with Gasteiger partial charge in [0.15, 0.2) is 0 Å². The molecule has 1 saturated heterocycles. The molecule has 0 aromatic heterocycles. The zero-order chi connectivity index (χ0) is 17.4. The van der Waals surface area contributed by atoms with Gasteiger partial charge in [-0.3, -0.25) is 9.59 Å². The molecule has 0 unspecified atom stereocenters. The second kappa shape index (κ2) is 6.34. The standard InChI is InChI=1S/C19H28N2O2/c1-12-7-13(2)17(14(3)8-12)18(23)20-15-9-16(22)21(10-15)11-19(4,5)6/h7-8,15H,9-11H2,1-6H3,(H,20,23)/t15-/m0/s1. The molecule has 2 amide bonds. The summed E-state index contributed by atoms with van der Waals surface area (Å²) in [4.78, 5) is 26.6. The van der Waals surface area contributed by atoms with Gasteiger partial charge in [-0.2, -0.15) is 0 Å². The predicted octanol–water partition coefficient (Wildman–Crippen LogP) is 2.99. The Morgan fingerprint density at radius 3 is 2.30 bits per heavy atom. The number of likely N-dealkylation sites (tertiary alicyclic amines) is 1. The summed E-state index contributed by atoms with van der Waals surface area (Å²) in [6, 6.07) is 3.94. The van der Waals surface area contributed by atoms with Crippen molar-refractivity contribution in [1.82, 2.24) is 10.2 Å². The van der Waals surface area contributed by atoms with Gasteiger partial charge >= 0.3 is 0 Å². The molecule has 126 valence electrons. The SMILES string of the molecule is Cc1cc(C)c(C(=O)N[C@H]2CC(=O)N(CC(C)(C)C)C2)c(C)c1. The first-order valence-corrected chi connectivity index (χ1v) is 8.23. The van der Waals surface area contributed by atoms with Crippen LogP contribution >= 0.6 is 0 Å². The van der Waals surface area contributed by atoms with Gasteiger partial charge in [0, 0.05) is 25.1 Å². The van der Waals surface area contributed by atoms with Gasteiger partial charge in [-0.25, -0.2) is 0 Å². The van der Waals surface area contributed by atoms with Crippen LogP contribution in [-0.4, -0.2) is 35.8 Å². The third-order valence-corrected chi connectivity index (χ3v) is 4.12. The van der Waals surface area contributed by atoms with Gasteiger partial charge in [0.05, 0.1) is 6.04 Å². The Morgan fingerprint density at radius 2 is 1.78 bits per heavy atom. The minimum absolute atomic E-state index is 0.0681. The third kappa shape index (κ3) is 4.34. The highest BCUT2D eigenvalue weighted by Gasteiger charge is 2.33. The minimum Gasteiger partial charge on any atom is -0.347 e. The molecule has 1 aromatic rings. The summed E-state index contributed by atoms with van der Waals surface area (Å²) in [6.07, 6.45) is 0.395. The fourth-order valence-electron chi connectivity index (χ4n) is 3.39. The molecule has 4 heteroatoms. The van der Waals surface area contributed by atoms with Crippen molar-refractivity contribution in [3.05, 3.63) is 34.4 Å². The molecule has 4 nitrogen and oxygen atoms in total. The van der Waals surface area contributed by atoms with Crippen molar-refractivity contribution in [2.45, 2.75) is 54.0 Å². The first-order valence-electron chi connectivity index (χ1n) is 8.23. The maximum atomic E-state index is 12.6. The summed E-state index contributed by atoms with van der Waals surface area (Å²) >= 11 is 0. The highest BCUT2D eigenvalue weighted by atomic mass is 16.2. The number of benzene rings is 1. The van der Waals surface area contributed by atoms with E-state index in [1.54, 1.807) is 0 Å². The van der Waals surface area contributed by atoms with E-state index in [1.165, 1.54) is 0 Å². The smallest absolute Gasteiger partial charge is 0.252 e. The summed E-state index contributed by atoms with van der Waals surface area (Å²) in [5.74, 6) is 0.0537. The third-order valence-electron chi connectivity index (χ3n) is 4.12. The Hall–Kier alpha value is -1.84. The van der Waals surface area contributed by atoms with Crippen LogP contribution in [0, 0.1) is 26.2 Å². The van der Waals surface area contributed by atoms with E-state index in [1.807, 2.05) is 37.8 Å². The van der Waals surface area contributed by atoms with E-state index in [4.69, 9.17) is 0 Å². The number of amides is 2. The lowest BCUT2D eigenvalue weighted by atomic mass is 9.96. The lowest BCUT2D eigenvalue weighted by Crippen LogP contribution is -2.39. The van der Waals surface area contributed by atoms with E-state index in [-0.39, 0.29) is 23.3 Å². The molecule has 0 bridgehead atoms. The molecule has 0 saturated carbocycles. The molecule has 2 rings (SSSR count). The van der Waals surface area contributed by atoms with Crippen LogP contribution in [0.2, 0.25) is 0 Å². The van der Waals surface area contributed by atoms with Crippen molar-refractivity contribution >= 4 is 11.8 Å². The van der Waals surface area contributed by atoms with Gasteiger partial charge in [0.2, 0.25) is 5.91 Å². The topological polar surface area (TPSA) is 49.4 Å². The molecular formula is C19H28N2O2. The van der Waals surface area contributed by atoms with E-state index < -0.39 is 0 Å². The van der Waals surface area contributed by atoms with E-state index in [2.05, 4.69) is 26.1 Å². The maximum absolute atomic E-state index is 12.6. The van der Waals surface area contributed by atoms with Gasteiger partial charge in [-0.05, 0) is 37.3 Å². The zero-order valence-electron chi connectivity index (χ0n) is 15.1. The molecular weight excluding hydrogens is 288 g/mol. The molecule has 23 heavy (non-hydrogen) atoms. The second-order valence-electron chi connectivity index (χ2n) is 7.98. The van der Waals surface area contributed by atoms with Crippen LogP contribution in [0.1, 0.15) is 54.2 Å². The fourth-order valence-corrected chi connectivity index (χ4v) is 3.39. The molecule has 1 aliphatic rings. The van der Waals surface area contributed by atoms with Gasteiger partial charge < -0.3 is 10.2 Å². The lowest BCUT2D eigenvalue weighted by Gasteiger charge is -2.26. The molecule has 1 aromatic carbocycles. The van der Waals surface area contributed by atoms with E-state index in [9.17, 15) is 9.59 Å². The Balaban J connectivity index is 2.06. The summed E-state index contributed by atoms with van der Waals surface area (Å²) < 4.78 is 0. The highest BCUT2D eigenvalue weighted by Crippen LogP contribution is 2.21. The molecule has 0 aliphatic carbocycles. The summed E-state index contributed by atoms with van der Waals surface area (Å²) in [7, 11) is 0. The van der Waals surface area contributed by atoms with Crippen LogP contribution in [0.15, 0.2) is 12.1 Å². The molecule has 1 heterocycles. The quantitative estimate of drug-likeness (QED) is 0.932. The Labute approximate surface area is 139 Å². The zero-order valence-corrected chi connectivity index (χ0v) is 15.1. The minimum atomic E-state index is -0.0996. The molecule has 1 atom stereocenters. The van der Waals surface area contributed by atoms with Gasteiger partial charge in [-0.1, -0.05) is 38.5 Å². The number of rotatable bonds is 3. The number of carbonyl (C=O) groups excluding carboxylic acids is 2. The Bertz CT molecular complexity index is 606. The van der Waals surface area contributed by atoms with Crippen LogP contribution in [0.5, 0.6) is 0 Å². The number of nitrogens with one attached hydrogen (secondary N) is 1. The van der Waals surface area contributed by atoms with Crippen LogP contribution < -0.4 is 5.32 Å². The summed E-state index contributed by atoms with van der Waals surface area (Å²) in [5.41, 5.74) is 3.92. The highest BCUT2D eigenvalue weighted by molar-refractivity contribution is 5.97. The monoisotopic (exact) mass is 316 g/mol. The van der Waals surface area contributed by atoms with E-state index >= 15 is 0 Å². The van der Waals surface area contributed by atoms with Crippen molar-refractivity contribution in [2.24, 2.45) is 5.41 Å². The molecule has 0 spiro atoms. The fraction of sp³-hybridized carbons (Fsp3) is 0.579. The van der Waals surface area contributed by atoms with Gasteiger partial charge in [0.1, 0.15) is 0 Å². The van der Waals surface area contributed by atoms with Crippen LogP contribution in [0.25, 0.3) is 0 Å². The van der Waals surface area contributed by atoms with Crippen molar-refractivity contribution in [1.29, 1.82) is 0 Å². The van der Waals surface area contributed by atoms with Crippen LogP contribution in [-0.2, 0) is 4.79 Å². The van der Waals surface area contributed by atoms with Crippen LogP contribution in [0.4, 0.5) is 0 Å². The van der Waals surface area contributed by atoms with E-state index in [0.717, 1.165) is 28.8 Å². The second-order valence-corrected chi connectivity index (χ2v) is 7.98. The van der Waals surface area contributed by atoms with Crippen molar-refractivity contribution < 1.29 is 9.59 Å². The number of nitrogens with zero attached hydrogens (tertiary/aromatic N) is 1. The lowest BCUT2D eigenvalue weighted by molar-refractivity contribution is -0.128. The summed E-state index contributed by atoms with van der Waals surface area (Å²) in [5, 5.41) is 3.04. The van der Waals surface area contributed by atoms with E-state index in [0.29, 0.717) is 13.0 Å². The Kier molecular flexibility index (Phi) is 4.83. The predicted molar refractivity (Wildman–Crippen MR) is 92.6 cm³/mol. The number of hydrogen-bond donors (Lipinski definition) is 1. The molecule has 0 radical (unpaired) electrons. The normalized spacial score (nSPS) is 18.4. The average Bonchev–Trinajstić information content (AvgIpc) is 2.65.